The van der Waals surface area contributed by atoms with E-state index in [0.29, 0.717) is 11.6 Å². The maximum atomic E-state index is 9.19. The Morgan fingerprint density at radius 2 is 2.41 bits per heavy atom. The molecule has 0 saturated carbocycles. The van der Waals surface area contributed by atoms with Crippen molar-refractivity contribution in [3.63, 3.8) is 0 Å². The smallest absolute Gasteiger partial charge is 0.141 e. The first-order valence-electron chi connectivity index (χ1n) is 5.87. The molecule has 1 aromatic rings. The van der Waals surface area contributed by atoms with Gasteiger partial charge in [-0.2, -0.15) is 0 Å². The second-order valence-electron chi connectivity index (χ2n) is 4.45. The molecule has 0 bridgehead atoms. The van der Waals surface area contributed by atoms with Crippen molar-refractivity contribution in [2.45, 2.75) is 12.8 Å². The van der Waals surface area contributed by atoms with Gasteiger partial charge in [-0.15, -0.1) is 0 Å². The number of hydrogen-bond acceptors (Lipinski definition) is 4. The van der Waals surface area contributed by atoms with Gasteiger partial charge in [-0.05, 0) is 30.9 Å². The van der Waals surface area contributed by atoms with E-state index in [-0.39, 0.29) is 12.4 Å². The fourth-order valence-electron chi connectivity index (χ4n) is 2.18. The van der Waals surface area contributed by atoms with Crippen LogP contribution in [0.15, 0.2) is 18.3 Å². The second-order valence-corrected chi connectivity index (χ2v) is 4.45. The summed E-state index contributed by atoms with van der Waals surface area (Å²) in [5.41, 5.74) is 6.90. The van der Waals surface area contributed by atoms with Crippen LogP contribution in [-0.2, 0) is 0 Å². The van der Waals surface area contributed by atoms with Gasteiger partial charge in [0.1, 0.15) is 11.5 Å². The number of nitrogens with two attached hydrogens (primary N) is 1. The van der Waals surface area contributed by atoms with Gasteiger partial charge in [-0.25, -0.2) is 0 Å². The molecule has 5 nitrogen and oxygen atoms in total. The van der Waals surface area contributed by atoms with Crippen LogP contribution in [0.1, 0.15) is 18.5 Å². The molecule has 0 radical (unpaired) electrons. The Kier molecular flexibility index (Phi) is 3.58. The molecule has 5 heteroatoms. The normalized spacial score (nSPS) is 20.3. The number of piperidine rings is 1. The van der Waals surface area contributed by atoms with E-state index >= 15 is 0 Å². The lowest BCUT2D eigenvalue weighted by Crippen LogP contribution is -2.36. The maximum absolute atomic E-state index is 9.19. The Labute approximate surface area is 101 Å². The van der Waals surface area contributed by atoms with Crippen molar-refractivity contribution in [1.29, 1.82) is 5.41 Å². The highest BCUT2D eigenvalue weighted by Crippen LogP contribution is 2.22. The van der Waals surface area contributed by atoms with Gasteiger partial charge in [-0.1, -0.05) is 0 Å². The molecular formula is C12H18N4O. The Morgan fingerprint density at radius 1 is 1.59 bits per heavy atom. The van der Waals surface area contributed by atoms with Crippen LogP contribution in [-0.4, -0.2) is 35.6 Å². The van der Waals surface area contributed by atoms with Crippen molar-refractivity contribution in [2.24, 2.45) is 11.7 Å². The SMILES string of the molecule is N=C(N)c1ccc(N2CCCC(CO)C2)cn1. The third-order valence-corrected chi connectivity index (χ3v) is 3.17. The lowest BCUT2D eigenvalue weighted by molar-refractivity contribution is 0.208. The number of aromatic nitrogens is 1. The van der Waals surface area contributed by atoms with Gasteiger partial charge < -0.3 is 15.7 Å². The number of pyridine rings is 1. The summed E-state index contributed by atoms with van der Waals surface area (Å²) >= 11 is 0. The summed E-state index contributed by atoms with van der Waals surface area (Å²) in [7, 11) is 0. The van der Waals surface area contributed by atoms with Crippen LogP contribution in [0.4, 0.5) is 5.69 Å². The summed E-state index contributed by atoms with van der Waals surface area (Å²) in [6.45, 7) is 2.12. The highest BCUT2D eigenvalue weighted by atomic mass is 16.3. The summed E-state index contributed by atoms with van der Waals surface area (Å²) in [5, 5.41) is 16.5. The Hall–Kier alpha value is -1.62. The first-order valence-corrected chi connectivity index (χ1v) is 5.87. The van der Waals surface area contributed by atoms with Crippen LogP contribution in [0.2, 0.25) is 0 Å². The second kappa shape index (κ2) is 5.14. The summed E-state index contributed by atoms with van der Waals surface area (Å²) in [6, 6.07) is 3.70. The first-order chi connectivity index (χ1) is 8.20. The predicted molar refractivity (Wildman–Crippen MR) is 67.3 cm³/mol. The third kappa shape index (κ3) is 2.74. The van der Waals surface area contributed by atoms with Crippen LogP contribution < -0.4 is 10.6 Å². The zero-order chi connectivity index (χ0) is 12.3. The molecule has 1 unspecified atom stereocenters. The zero-order valence-electron chi connectivity index (χ0n) is 9.76. The molecule has 2 heterocycles. The fraction of sp³-hybridized carbons (Fsp3) is 0.500. The van der Waals surface area contributed by atoms with Crippen LogP contribution in [0.25, 0.3) is 0 Å². The topological polar surface area (TPSA) is 86.2 Å². The van der Waals surface area contributed by atoms with E-state index < -0.39 is 0 Å². The van der Waals surface area contributed by atoms with Crippen LogP contribution in [0.5, 0.6) is 0 Å². The molecule has 0 aliphatic carbocycles. The van der Waals surface area contributed by atoms with Gasteiger partial charge in [-0.3, -0.25) is 10.4 Å². The standard InChI is InChI=1S/C12H18N4O/c13-12(14)11-4-3-10(6-15-11)16-5-1-2-9(7-16)8-17/h3-4,6,9,17H,1-2,5,7-8H2,(H3,13,14). The summed E-state index contributed by atoms with van der Waals surface area (Å²) in [6.07, 6.45) is 3.93. The Morgan fingerprint density at radius 3 is 3.00 bits per heavy atom. The maximum Gasteiger partial charge on any atom is 0.141 e. The molecule has 1 aliphatic rings. The van der Waals surface area contributed by atoms with Crippen LogP contribution in [0.3, 0.4) is 0 Å². The molecule has 0 amide bonds. The number of aliphatic hydroxyl groups is 1. The third-order valence-electron chi connectivity index (χ3n) is 3.17. The quantitative estimate of drug-likeness (QED) is 0.527. The number of aliphatic hydroxyl groups excluding tert-OH is 1. The van der Waals surface area contributed by atoms with Crippen molar-refractivity contribution >= 4 is 11.5 Å². The monoisotopic (exact) mass is 234 g/mol. The average Bonchev–Trinajstić information content (AvgIpc) is 2.39. The summed E-state index contributed by atoms with van der Waals surface area (Å²) in [5.74, 6) is 0.347. The molecular weight excluding hydrogens is 216 g/mol. The minimum Gasteiger partial charge on any atom is -0.396 e. The van der Waals surface area contributed by atoms with Crippen molar-refractivity contribution in [1.82, 2.24) is 4.98 Å². The fourth-order valence-corrected chi connectivity index (χ4v) is 2.18. The number of nitrogen functional groups attached to an aromatic ring is 1. The van der Waals surface area contributed by atoms with E-state index in [4.69, 9.17) is 11.1 Å². The van der Waals surface area contributed by atoms with Gasteiger partial charge in [0.05, 0.1) is 11.9 Å². The molecule has 1 aliphatic heterocycles. The lowest BCUT2D eigenvalue weighted by atomic mass is 9.99. The molecule has 0 spiro atoms. The van der Waals surface area contributed by atoms with E-state index in [1.165, 1.54) is 0 Å². The van der Waals surface area contributed by atoms with E-state index in [1.54, 1.807) is 12.3 Å². The van der Waals surface area contributed by atoms with E-state index in [0.717, 1.165) is 31.6 Å². The summed E-state index contributed by atoms with van der Waals surface area (Å²) in [4.78, 5) is 6.37. The van der Waals surface area contributed by atoms with Crippen molar-refractivity contribution in [3.8, 4) is 0 Å². The molecule has 1 fully saturated rings. The largest absolute Gasteiger partial charge is 0.396 e. The van der Waals surface area contributed by atoms with Gasteiger partial charge in [0, 0.05) is 19.7 Å². The number of nitrogens with zero attached hydrogens (tertiary/aromatic N) is 2. The van der Waals surface area contributed by atoms with E-state index in [1.807, 2.05) is 6.07 Å². The first kappa shape index (κ1) is 11.9. The van der Waals surface area contributed by atoms with Crippen LogP contribution >= 0.6 is 0 Å². The minimum atomic E-state index is -0.0107. The molecule has 2 rings (SSSR count). The highest BCUT2D eigenvalue weighted by Gasteiger charge is 2.19. The Balaban J connectivity index is 2.08. The summed E-state index contributed by atoms with van der Waals surface area (Å²) < 4.78 is 0. The van der Waals surface area contributed by atoms with Crippen molar-refractivity contribution < 1.29 is 5.11 Å². The predicted octanol–water partition coefficient (Wildman–Crippen LogP) is 0.574. The number of amidine groups is 1. The Bertz CT molecular complexity index is 390. The number of rotatable bonds is 3. The molecule has 4 N–H and O–H groups in total. The molecule has 1 atom stereocenters. The van der Waals surface area contributed by atoms with Crippen molar-refractivity contribution in [3.05, 3.63) is 24.0 Å². The number of hydrogen-bond donors (Lipinski definition) is 3. The average molecular weight is 234 g/mol. The molecule has 0 aromatic carbocycles. The minimum absolute atomic E-state index is 0.0107. The molecule has 17 heavy (non-hydrogen) atoms. The molecule has 92 valence electrons. The van der Waals surface area contributed by atoms with Gasteiger partial charge in [0.25, 0.3) is 0 Å². The van der Waals surface area contributed by atoms with Gasteiger partial charge >= 0.3 is 0 Å². The number of nitrogens with one attached hydrogen (secondary N) is 1. The number of anilines is 1. The van der Waals surface area contributed by atoms with E-state index in [2.05, 4.69) is 9.88 Å². The molecule has 1 saturated heterocycles. The van der Waals surface area contributed by atoms with Crippen LogP contribution in [0, 0.1) is 11.3 Å². The van der Waals surface area contributed by atoms with Gasteiger partial charge in [0.15, 0.2) is 0 Å². The zero-order valence-corrected chi connectivity index (χ0v) is 9.76. The van der Waals surface area contributed by atoms with Gasteiger partial charge in [0.2, 0.25) is 0 Å². The highest BCUT2D eigenvalue weighted by molar-refractivity contribution is 5.93. The lowest BCUT2D eigenvalue weighted by Gasteiger charge is -2.33. The van der Waals surface area contributed by atoms with Crippen molar-refractivity contribution in [2.75, 3.05) is 24.6 Å². The molecule has 1 aromatic heterocycles. The van der Waals surface area contributed by atoms with E-state index in [9.17, 15) is 5.11 Å².